The molecule has 5 nitrogen and oxygen atoms in total. The summed E-state index contributed by atoms with van der Waals surface area (Å²) < 4.78 is 4.76. The van der Waals surface area contributed by atoms with E-state index in [1.165, 1.54) is 13.2 Å². The van der Waals surface area contributed by atoms with Crippen molar-refractivity contribution in [1.82, 2.24) is 5.32 Å². The summed E-state index contributed by atoms with van der Waals surface area (Å²) in [5.41, 5.74) is -0.614. The molecule has 1 aliphatic rings. The summed E-state index contributed by atoms with van der Waals surface area (Å²) in [6.07, 6.45) is 0.937. The summed E-state index contributed by atoms with van der Waals surface area (Å²) in [7, 11) is 1.25. The molecule has 1 saturated carbocycles. The van der Waals surface area contributed by atoms with Crippen LogP contribution in [-0.4, -0.2) is 30.6 Å². The van der Waals surface area contributed by atoms with Gasteiger partial charge in [-0.25, -0.2) is 0 Å². The van der Waals surface area contributed by atoms with Gasteiger partial charge in [-0.2, -0.15) is 0 Å². The van der Waals surface area contributed by atoms with Crippen LogP contribution in [0.2, 0.25) is 0 Å². The molecule has 0 aliphatic heterocycles. The topological polar surface area (TPSA) is 75.6 Å². The molecule has 112 valence electrons. The Morgan fingerprint density at radius 3 is 2.76 bits per heavy atom. The van der Waals surface area contributed by atoms with Crippen LogP contribution in [0.15, 0.2) is 43.0 Å². The number of aliphatic hydroxyl groups is 1. The molecule has 5 heteroatoms. The number of carbonyl (C=O) groups is 2. The van der Waals surface area contributed by atoms with E-state index in [1.54, 1.807) is 24.3 Å². The lowest BCUT2D eigenvalue weighted by molar-refractivity contribution is -0.153. The van der Waals surface area contributed by atoms with Crippen LogP contribution < -0.4 is 5.32 Å². The molecular formula is C16H19NO4. The van der Waals surface area contributed by atoms with E-state index in [4.69, 9.17) is 4.74 Å². The van der Waals surface area contributed by atoms with Crippen LogP contribution >= 0.6 is 0 Å². The van der Waals surface area contributed by atoms with Gasteiger partial charge in [0.25, 0.3) is 0 Å². The number of carbonyl (C=O) groups excluding carboxylic acids is 2. The normalized spacial score (nSPS) is 24.8. The fraction of sp³-hybridized carbons (Fsp3) is 0.375. The first-order valence-corrected chi connectivity index (χ1v) is 6.78. The minimum atomic E-state index is -1.30. The predicted molar refractivity (Wildman–Crippen MR) is 77.2 cm³/mol. The monoisotopic (exact) mass is 289 g/mol. The molecule has 1 aromatic rings. The summed E-state index contributed by atoms with van der Waals surface area (Å²) in [5, 5.41) is 13.0. The van der Waals surface area contributed by atoms with E-state index in [1.807, 2.05) is 6.07 Å². The van der Waals surface area contributed by atoms with E-state index in [-0.39, 0.29) is 13.0 Å². The van der Waals surface area contributed by atoms with E-state index in [0.29, 0.717) is 5.56 Å². The minimum absolute atomic E-state index is 0.270. The standard InChI is InChI=1S/C16H19NO4/c1-3-9-17-14(19)16(15(20)21-2)10-12(16)13(18)11-7-5-4-6-8-11/h3-8,12-13,18H,1,9-10H2,2H3,(H,17,19). The minimum Gasteiger partial charge on any atom is -0.468 e. The Kier molecular flexibility index (Phi) is 4.43. The van der Waals surface area contributed by atoms with Crippen molar-refractivity contribution in [2.24, 2.45) is 11.3 Å². The zero-order chi connectivity index (χ0) is 15.5. The van der Waals surface area contributed by atoms with Crippen molar-refractivity contribution in [3.8, 4) is 0 Å². The van der Waals surface area contributed by atoms with Crippen LogP contribution in [-0.2, 0) is 14.3 Å². The van der Waals surface area contributed by atoms with Crippen LogP contribution in [0.3, 0.4) is 0 Å². The third kappa shape index (κ3) is 2.69. The highest BCUT2D eigenvalue weighted by Gasteiger charge is 2.69. The molecule has 0 saturated heterocycles. The van der Waals surface area contributed by atoms with Crippen LogP contribution in [0.4, 0.5) is 0 Å². The number of ether oxygens (including phenoxy) is 1. The van der Waals surface area contributed by atoms with E-state index in [0.717, 1.165) is 0 Å². The highest BCUT2D eigenvalue weighted by Crippen LogP contribution is 2.59. The van der Waals surface area contributed by atoms with Gasteiger partial charge in [0.2, 0.25) is 5.91 Å². The largest absolute Gasteiger partial charge is 0.468 e. The molecule has 0 aromatic heterocycles. The molecule has 0 radical (unpaired) electrons. The quantitative estimate of drug-likeness (QED) is 0.469. The summed E-state index contributed by atoms with van der Waals surface area (Å²) >= 11 is 0. The average Bonchev–Trinajstić information content (AvgIpc) is 3.28. The number of methoxy groups -OCH3 is 1. The third-order valence-corrected chi connectivity index (χ3v) is 3.90. The first-order chi connectivity index (χ1) is 10.1. The molecule has 0 heterocycles. The Bertz CT molecular complexity index is 542. The van der Waals surface area contributed by atoms with Gasteiger partial charge in [0, 0.05) is 12.5 Å². The number of hydrogen-bond donors (Lipinski definition) is 2. The Labute approximate surface area is 123 Å². The summed E-state index contributed by atoms with van der Waals surface area (Å²) in [5.74, 6) is -1.50. The molecular weight excluding hydrogens is 270 g/mol. The van der Waals surface area contributed by atoms with Crippen LogP contribution in [0, 0.1) is 11.3 Å². The van der Waals surface area contributed by atoms with Gasteiger partial charge in [-0.1, -0.05) is 36.4 Å². The van der Waals surface area contributed by atoms with E-state index in [9.17, 15) is 14.7 Å². The highest BCUT2D eigenvalue weighted by atomic mass is 16.5. The zero-order valence-corrected chi connectivity index (χ0v) is 11.9. The second kappa shape index (κ2) is 6.10. The number of nitrogens with one attached hydrogen (secondary N) is 1. The lowest BCUT2D eigenvalue weighted by atomic mass is 9.96. The first-order valence-electron chi connectivity index (χ1n) is 6.78. The lowest BCUT2D eigenvalue weighted by Gasteiger charge is -2.17. The Hall–Kier alpha value is -2.14. The number of benzene rings is 1. The van der Waals surface area contributed by atoms with E-state index in [2.05, 4.69) is 11.9 Å². The fourth-order valence-electron chi connectivity index (χ4n) is 2.64. The molecule has 1 fully saturated rings. The molecule has 0 spiro atoms. The van der Waals surface area contributed by atoms with Crippen molar-refractivity contribution < 1.29 is 19.4 Å². The molecule has 1 aliphatic carbocycles. The second-order valence-corrected chi connectivity index (χ2v) is 5.13. The molecule has 3 atom stereocenters. The zero-order valence-electron chi connectivity index (χ0n) is 11.9. The van der Waals surface area contributed by atoms with E-state index < -0.39 is 29.3 Å². The smallest absolute Gasteiger partial charge is 0.321 e. The lowest BCUT2D eigenvalue weighted by Crippen LogP contribution is -2.40. The molecule has 0 bridgehead atoms. The molecule has 21 heavy (non-hydrogen) atoms. The van der Waals surface area contributed by atoms with Gasteiger partial charge in [-0.3, -0.25) is 9.59 Å². The fourth-order valence-corrected chi connectivity index (χ4v) is 2.64. The molecule has 2 N–H and O–H groups in total. The van der Waals surface area contributed by atoms with E-state index >= 15 is 0 Å². The number of rotatable bonds is 6. The highest BCUT2D eigenvalue weighted by molar-refractivity contribution is 6.06. The number of esters is 1. The molecule has 1 aromatic carbocycles. The van der Waals surface area contributed by atoms with Crippen LogP contribution in [0.5, 0.6) is 0 Å². The van der Waals surface area contributed by atoms with Gasteiger partial charge in [0.05, 0.1) is 13.2 Å². The van der Waals surface area contributed by atoms with Gasteiger partial charge in [0.1, 0.15) is 0 Å². The van der Waals surface area contributed by atoms with Crippen molar-refractivity contribution in [2.75, 3.05) is 13.7 Å². The van der Waals surface area contributed by atoms with Gasteiger partial charge >= 0.3 is 5.97 Å². The first kappa shape index (κ1) is 15.3. The average molecular weight is 289 g/mol. The molecule has 3 unspecified atom stereocenters. The van der Waals surface area contributed by atoms with Crippen LogP contribution in [0.25, 0.3) is 0 Å². The maximum absolute atomic E-state index is 12.3. The van der Waals surface area contributed by atoms with Crippen molar-refractivity contribution in [2.45, 2.75) is 12.5 Å². The van der Waals surface area contributed by atoms with Crippen molar-refractivity contribution in [3.05, 3.63) is 48.6 Å². The van der Waals surface area contributed by atoms with Crippen molar-refractivity contribution in [1.29, 1.82) is 0 Å². The van der Waals surface area contributed by atoms with Crippen molar-refractivity contribution in [3.63, 3.8) is 0 Å². The molecule has 2 rings (SSSR count). The number of aliphatic hydroxyl groups excluding tert-OH is 1. The number of amides is 1. The SMILES string of the molecule is C=CCNC(=O)C1(C(=O)OC)CC1C(O)c1ccccc1. The second-order valence-electron chi connectivity index (χ2n) is 5.13. The Morgan fingerprint density at radius 2 is 2.19 bits per heavy atom. The summed E-state index contributed by atoms with van der Waals surface area (Å²) in [4.78, 5) is 24.3. The maximum atomic E-state index is 12.3. The summed E-state index contributed by atoms with van der Waals surface area (Å²) in [6.45, 7) is 3.79. The predicted octanol–water partition coefficient (Wildman–Crippen LogP) is 1.20. The van der Waals surface area contributed by atoms with Gasteiger partial charge in [0.15, 0.2) is 5.41 Å². The van der Waals surface area contributed by atoms with Gasteiger partial charge in [-0.15, -0.1) is 6.58 Å². The van der Waals surface area contributed by atoms with Crippen LogP contribution in [0.1, 0.15) is 18.1 Å². The Balaban J connectivity index is 2.20. The Morgan fingerprint density at radius 1 is 1.52 bits per heavy atom. The van der Waals surface area contributed by atoms with Crippen molar-refractivity contribution >= 4 is 11.9 Å². The summed E-state index contributed by atoms with van der Waals surface area (Å²) in [6, 6.07) is 8.99. The van der Waals surface area contributed by atoms with Gasteiger partial charge < -0.3 is 15.2 Å². The maximum Gasteiger partial charge on any atom is 0.321 e. The molecule has 1 amide bonds. The van der Waals surface area contributed by atoms with Gasteiger partial charge in [-0.05, 0) is 12.0 Å². The third-order valence-electron chi connectivity index (χ3n) is 3.90. The number of hydrogen-bond acceptors (Lipinski definition) is 4.